The van der Waals surface area contributed by atoms with Crippen molar-refractivity contribution in [3.8, 4) is 5.75 Å². The molecule has 0 atom stereocenters. The SMILES string of the molecule is CNCc1cc(=O)c(OCc2ccccc2)c2n1NCN(C(C)C)C2=O. The summed E-state index contributed by atoms with van der Waals surface area (Å²) >= 11 is 0. The summed E-state index contributed by atoms with van der Waals surface area (Å²) in [6.45, 7) is 4.94. The predicted octanol–water partition coefficient (Wildman–Crippen LogP) is 1.51. The van der Waals surface area contributed by atoms with E-state index in [1.807, 2.05) is 44.2 Å². The van der Waals surface area contributed by atoms with Crippen LogP contribution in [0.2, 0.25) is 0 Å². The Morgan fingerprint density at radius 2 is 1.96 bits per heavy atom. The van der Waals surface area contributed by atoms with Crippen LogP contribution in [0, 0.1) is 0 Å². The zero-order valence-corrected chi connectivity index (χ0v) is 15.3. The van der Waals surface area contributed by atoms with E-state index in [-0.39, 0.29) is 35.4 Å². The van der Waals surface area contributed by atoms with Crippen molar-refractivity contribution in [1.82, 2.24) is 14.9 Å². The minimum atomic E-state index is -0.293. The maximum Gasteiger partial charge on any atom is 0.278 e. The summed E-state index contributed by atoms with van der Waals surface area (Å²) < 4.78 is 7.48. The number of aromatic nitrogens is 1. The Kier molecular flexibility index (Phi) is 5.27. The third-order valence-electron chi connectivity index (χ3n) is 4.32. The van der Waals surface area contributed by atoms with Crippen molar-refractivity contribution in [3.05, 3.63) is 63.6 Å². The van der Waals surface area contributed by atoms with Gasteiger partial charge in [-0.25, -0.2) is 0 Å². The average molecular weight is 356 g/mol. The van der Waals surface area contributed by atoms with Crippen LogP contribution in [0.15, 0.2) is 41.2 Å². The molecule has 2 N–H and O–H groups in total. The summed E-state index contributed by atoms with van der Waals surface area (Å²) in [4.78, 5) is 27.4. The minimum Gasteiger partial charge on any atom is -0.482 e. The molecule has 0 fully saturated rings. The first-order valence-electron chi connectivity index (χ1n) is 8.68. The van der Waals surface area contributed by atoms with Crippen LogP contribution in [0.25, 0.3) is 0 Å². The number of carbonyl (C=O) groups excluding carboxylic acids is 1. The van der Waals surface area contributed by atoms with E-state index in [0.717, 1.165) is 5.56 Å². The quantitative estimate of drug-likeness (QED) is 0.821. The maximum absolute atomic E-state index is 13.0. The lowest BCUT2D eigenvalue weighted by molar-refractivity contribution is 0.0666. The number of nitrogens with one attached hydrogen (secondary N) is 2. The Bertz CT molecular complexity index is 846. The number of carbonyl (C=O) groups is 1. The third-order valence-corrected chi connectivity index (χ3v) is 4.32. The van der Waals surface area contributed by atoms with Gasteiger partial charge in [0.2, 0.25) is 5.43 Å². The van der Waals surface area contributed by atoms with Crippen LogP contribution in [0.1, 0.15) is 35.6 Å². The van der Waals surface area contributed by atoms with E-state index in [0.29, 0.717) is 18.9 Å². The monoisotopic (exact) mass is 356 g/mol. The topological polar surface area (TPSA) is 75.6 Å². The number of hydrogen-bond donors (Lipinski definition) is 2. The van der Waals surface area contributed by atoms with Crippen molar-refractivity contribution in [2.75, 3.05) is 19.1 Å². The lowest BCUT2D eigenvalue weighted by atomic mass is 10.2. The van der Waals surface area contributed by atoms with Gasteiger partial charge >= 0.3 is 0 Å². The molecule has 1 amide bonds. The van der Waals surface area contributed by atoms with Gasteiger partial charge in [-0.1, -0.05) is 30.3 Å². The molecule has 7 nitrogen and oxygen atoms in total. The summed E-state index contributed by atoms with van der Waals surface area (Å²) in [7, 11) is 1.79. The van der Waals surface area contributed by atoms with Crippen LogP contribution < -0.4 is 20.9 Å². The zero-order chi connectivity index (χ0) is 18.7. The molecule has 0 saturated heterocycles. The number of amides is 1. The molecule has 2 heterocycles. The van der Waals surface area contributed by atoms with Gasteiger partial charge in [0, 0.05) is 18.7 Å². The van der Waals surface area contributed by atoms with Gasteiger partial charge in [0.05, 0.1) is 5.69 Å². The first-order valence-corrected chi connectivity index (χ1v) is 8.68. The van der Waals surface area contributed by atoms with E-state index in [2.05, 4.69) is 10.7 Å². The van der Waals surface area contributed by atoms with Gasteiger partial charge in [-0.3, -0.25) is 14.3 Å². The van der Waals surface area contributed by atoms with Gasteiger partial charge in [0.25, 0.3) is 5.91 Å². The fourth-order valence-electron chi connectivity index (χ4n) is 2.97. The molecule has 1 aliphatic rings. The van der Waals surface area contributed by atoms with E-state index < -0.39 is 0 Å². The van der Waals surface area contributed by atoms with Gasteiger partial charge in [-0.15, -0.1) is 0 Å². The molecule has 0 spiro atoms. The zero-order valence-electron chi connectivity index (χ0n) is 15.3. The summed E-state index contributed by atoms with van der Waals surface area (Å²) in [5.41, 5.74) is 4.79. The van der Waals surface area contributed by atoms with Gasteiger partial charge in [0.1, 0.15) is 13.3 Å². The molecule has 0 saturated carbocycles. The molecule has 1 aliphatic heterocycles. The normalized spacial score (nSPS) is 13.5. The van der Waals surface area contributed by atoms with Crippen LogP contribution in [-0.2, 0) is 13.2 Å². The molecular formula is C19H24N4O3. The van der Waals surface area contributed by atoms with Crippen LogP contribution in [-0.4, -0.2) is 35.2 Å². The Morgan fingerprint density at radius 3 is 2.62 bits per heavy atom. The van der Waals surface area contributed by atoms with Crippen molar-refractivity contribution in [2.24, 2.45) is 0 Å². The van der Waals surface area contributed by atoms with Crippen LogP contribution in [0.4, 0.5) is 0 Å². The first kappa shape index (κ1) is 18.0. The van der Waals surface area contributed by atoms with Gasteiger partial charge in [-0.05, 0) is 26.5 Å². The van der Waals surface area contributed by atoms with E-state index in [4.69, 9.17) is 4.74 Å². The molecule has 0 radical (unpaired) electrons. The van der Waals surface area contributed by atoms with Gasteiger partial charge in [0.15, 0.2) is 11.4 Å². The van der Waals surface area contributed by atoms with Crippen molar-refractivity contribution >= 4 is 5.91 Å². The highest BCUT2D eigenvalue weighted by atomic mass is 16.5. The largest absolute Gasteiger partial charge is 0.482 e. The Balaban J connectivity index is 2.03. The molecule has 3 rings (SSSR count). The number of nitrogens with zero attached hydrogens (tertiary/aromatic N) is 2. The van der Waals surface area contributed by atoms with Gasteiger partial charge in [-0.2, -0.15) is 0 Å². The molecule has 138 valence electrons. The highest BCUT2D eigenvalue weighted by Crippen LogP contribution is 2.22. The summed E-state index contributed by atoms with van der Waals surface area (Å²) in [6, 6.07) is 11.1. The summed E-state index contributed by atoms with van der Waals surface area (Å²) in [5, 5.41) is 3.02. The Hall–Kier alpha value is -2.80. The smallest absolute Gasteiger partial charge is 0.278 e. The van der Waals surface area contributed by atoms with E-state index >= 15 is 0 Å². The standard InChI is InChI=1S/C19H24N4O3/c1-13(2)22-12-21-23-15(10-20-3)9-16(24)18(17(23)19(22)25)26-11-14-7-5-4-6-8-14/h4-9,13,20-21H,10-12H2,1-3H3. The average Bonchev–Trinajstić information content (AvgIpc) is 2.62. The summed E-state index contributed by atoms with van der Waals surface area (Å²) in [6.07, 6.45) is 0. The van der Waals surface area contributed by atoms with Crippen LogP contribution in [0.3, 0.4) is 0 Å². The Labute approximate surface area is 152 Å². The first-order chi connectivity index (χ1) is 12.5. The molecule has 1 aromatic heterocycles. The lowest BCUT2D eigenvalue weighted by Gasteiger charge is -2.35. The Morgan fingerprint density at radius 1 is 1.23 bits per heavy atom. The second-order valence-corrected chi connectivity index (χ2v) is 6.50. The predicted molar refractivity (Wildman–Crippen MR) is 99.8 cm³/mol. The second-order valence-electron chi connectivity index (χ2n) is 6.50. The molecule has 1 aromatic carbocycles. The highest BCUT2D eigenvalue weighted by molar-refractivity contribution is 5.96. The number of ether oxygens (including phenoxy) is 1. The van der Waals surface area contributed by atoms with E-state index in [1.165, 1.54) is 6.07 Å². The molecule has 0 unspecified atom stereocenters. The van der Waals surface area contributed by atoms with E-state index in [9.17, 15) is 9.59 Å². The van der Waals surface area contributed by atoms with Crippen LogP contribution in [0.5, 0.6) is 5.75 Å². The second kappa shape index (κ2) is 7.61. The molecule has 0 bridgehead atoms. The highest BCUT2D eigenvalue weighted by Gasteiger charge is 2.32. The number of benzene rings is 1. The van der Waals surface area contributed by atoms with Crippen molar-refractivity contribution < 1.29 is 9.53 Å². The number of pyridine rings is 1. The van der Waals surface area contributed by atoms with Gasteiger partial charge < -0.3 is 20.4 Å². The maximum atomic E-state index is 13.0. The third kappa shape index (κ3) is 3.43. The van der Waals surface area contributed by atoms with Crippen molar-refractivity contribution in [2.45, 2.75) is 33.0 Å². The fraction of sp³-hybridized carbons (Fsp3) is 0.368. The fourth-order valence-corrected chi connectivity index (χ4v) is 2.97. The number of fused-ring (bicyclic) bond motifs is 1. The lowest BCUT2D eigenvalue weighted by Crippen LogP contribution is -2.50. The molecule has 26 heavy (non-hydrogen) atoms. The number of hydrogen-bond acceptors (Lipinski definition) is 5. The molecule has 7 heteroatoms. The molecular weight excluding hydrogens is 332 g/mol. The number of rotatable bonds is 6. The van der Waals surface area contributed by atoms with Crippen LogP contribution >= 0.6 is 0 Å². The van der Waals surface area contributed by atoms with Crippen molar-refractivity contribution in [3.63, 3.8) is 0 Å². The molecule has 2 aromatic rings. The summed E-state index contributed by atoms with van der Waals surface area (Å²) in [5.74, 6) is -0.131. The van der Waals surface area contributed by atoms with E-state index in [1.54, 1.807) is 16.6 Å². The molecule has 0 aliphatic carbocycles. The minimum absolute atomic E-state index is 0.00813. The van der Waals surface area contributed by atoms with Crippen molar-refractivity contribution in [1.29, 1.82) is 0 Å².